The van der Waals surface area contributed by atoms with Gasteiger partial charge in [-0.2, -0.15) is 0 Å². The van der Waals surface area contributed by atoms with E-state index >= 15 is 0 Å². The first kappa shape index (κ1) is 13.2. The summed E-state index contributed by atoms with van der Waals surface area (Å²) in [7, 11) is 0. The fourth-order valence-corrected chi connectivity index (χ4v) is 1.80. The lowest BCUT2D eigenvalue weighted by atomic mass is 10.0. The van der Waals surface area contributed by atoms with E-state index in [2.05, 4.69) is 23.5 Å². The van der Waals surface area contributed by atoms with Crippen LogP contribution in [0.4, 0.5) is 0 Å². The number of hydrogen-bond acceptors (Lipinski definition) is 3. The molecule has 0 unspecified atom stereocenters. The van der Waals surface area contributed by atoms with Crippen LogP contribution >= 0.6 is 0 Å². The van der Waals surface area contributed by atoms with Gasteiger partial charge >= 0.3 is 0 Å². The van der Waals surface area contributed by atoms with Crippen molar-refractivity contribution in [3.63, 3.8) is 0 Å². The highest BCUT2D eigenvalue weighted by molar-refractivity contribution is 5.27. The second-order valence-electron chi connectivity index (χ2n) is 3.88. The minimum absolute atomic E-state index is 0.225. The summed E-state index contributed by atoms with van der Waals surface area (Å²) in [6.07, 6.45) is 2.93. The maximum atomic E-state index is 8.96. The Morgan fingerprint density at radius 2 is 1.75 bits per heavy atom. The molecule has 0 radical (unpaired) electrons. The van der Waals surface area contributed by atoms with Crippen LogP contribution in [-0.4, -0.2) is 31.3 Å². The van der Waals surface area contributed by atoms with Gasteiger partial charge in [-0.05, 0) is 36.9 Å². The van der Waals surface area contributed by atoms with Gasteiger partial charge in [0.25, 0.3) is 0 Å². The van der Waals surface area contributed by atoms with Crippen molar-refractivity contribution >= 4 is 0 Å². The molecule has 0 aliphatic carbocycles. The summed E-state index contributed by atoms with van der Waals surface area (Å²) < 4.78 is 0. The Hall–Kier alpha value is -0.900. The predicted molar refractivity (Wildman–Crippen MR) is 67.5 cm³/mol. The fourth-order valence-electron chi connectivity index (χ4n) is 1.80. The molecule has 90 valence electrons. The van der Waals surface area contributed by atoms with Gasteiger partial charge in [0.2, 0.25) is 0 Å². The molecule has 3 nitrogen and oxygen atoms in total. The zero-order valence-electron chi connectivity index (χ0n) is 9.78. The van der Waals surface area contributed by atoms with Crippen molar-refractivity contribution in [1.29, 1.82) is 0 Å². The van der Waals surface area contributed by atoms with E-state index in [1.807, 2.05) is 6.07 Å². The molecule has 1 aromatic rings. The second-order valence-corrected chi connectivity index (χ2v) is 3.88. The molecule has 1 rings (SSSR count). The smallest absolute Gasteiger partial charge is 0.0471 e. The highest BCUT2D eigenvalue weighted by Crippen LogP contribution is 2.11. The highest BCUT2D eigenvalue weighted by atomic mass is 16.2. The van der Waals surface area contributed by atoms with Crippen LogP contribution in [0.15, 0.2) is 24.3 Å². The maximum Gasteiger partial charge on any atom is 0.0471 e. The molecular formula is C13H22N2O. The van der Waals surface area contributed by atoms with E-state index in [9.17, 15) is 0 Å². The molecule has 0 amide bonds. The predicted octanol–water partition coefficient (Wildman–Crippen LogP) is 0.702. The summed E-state index contributed by atoms with van der Waals surface area (Å²) >= 11 is 0. The molecule has 3 heteroatoms. The van der Waals surface area contributed by atoms with Crippen molar-refractivity contribution in [1.82, 2.24) is 5.32 Å². The molecule has 0 saturated heterocycles. The lowest BCUT2D eigenvalue weighted by Gasteiger charge is -2.08. The summed E-state index contributed by atoms with van der Waals surface area (Å²) in [6, 6.07) is 8.33. The van der Waals surface area contributed by atoms with Gasteiger partial charge in [0, 0.05) is 19.7 Å². The molecule has 4 N–H and O–H groups in total. The van der Waals surface area contributed by atoms with Gasteiger partial charge in [0.15, 0.2) is 0 Å². The van der Waals surface area contributed by atoms with Crippen molar-refractivity contribution in [2.24, 2.45) is 5.73 Å². The Labute approximate surface area is 97.7 Å². The number of nitrogens with one attached hydrogen (secondary N) is 1. The maximum absolute atomic E-state index is 8.96. The zero-order chi connectivity index (χ0) is 11.6. The van der Waals surface area contributed by atoms with E-state index in [1.165, 1.54) is 11.1 Å². The molecule has 0 aromatic heterocycles. The van der Waals surface area contributed by atoms with E-state index < -0.39 is 0 Å². The number of rotatable bonds is 8. The van der Waals surface area contributed by atoms with Crippen LogP contribution in [0.1, 0.15) is 17.5 Å². The van der Waals surface area contributed by atoms with Crippen molar-refractivity contribution in [2.75, 3.05) is 26.2 Å². The third kappa shape index (κ3) is 4.75. The molecule has 16 heavy (non-hydrogen) atoms. The summed E-state index contributed by atoms with van der Waals surface area (Å²) in [6.45, 7) is 2.81. The molecular weight excluding hydrogens is 200 g/mol. The van der Waals surface area contributed by atoms with Gasteiger partial charge in [-0.25, -0.2) is 0 Å². The van der Waals surface area contributed by atoms with Gasteiger partial charge < -0.3 is 16.2 Å². The number of benzene rings is 1. The topological polar surface area (TPSA) is 58.3 Å². The van der Waals surface area contributed by atoms with Gasteiger partial charge in [0.1, 0.15) is 0 Å². The largest absolute Gasteiger partial charge is 0.396 e. The van der Waals surface area contributed by atoms with Crippen LogP contribution in [0.2, 0.25) is 0 Å². The van der Waals surface area contributed by atoms with Gasteiger partial charge in [-0.3, -0.25) is 0 Å². The minimum Gasteiger partial charge on any atom is -0.396 e. The highest BCUT2D eigenvalue weighted by Gasteiger charge is 2.00. The van der Waals surface area contributed by atoms with Gasteiger partial charge in [-0.15, -0.1) is 0 Å². The average Bonchev–Trinajstić information content (AvgIpc) is 2.31. The summed E-state index contributed by atoms with van der Waals surface area (Å²) in [5.41, 5.74) is 8.02. The lowest BCUT2D eigenvalue weighted by molar-refractivity contribution is 0.299. The minimum atomic E-state index is 0.225. The third-order valence-corrected chi connectivity index (χ3v) is 2.62. The molecule has 0 bridgehead atoms. The molecule has 0 aliphatic rings. The van der Waals surface area contributed by atoms with E-state index in [4.69, 9.17) is 10.8 Å². The first-order valence-corrected chi connectivity index (χ1v) is 5.97. The molecule has 1 aromatic carbocycles. The van der Waals surface area contributed by atoms with Crippen LogP contribution in [0, 0.1) is 0 Å². The van der Waals surface area contributed by atoms with Crippen molar-refractivity contribution in [2.45, 2.75) is 19.3 Å². The first-order valence-electron chi connectivity index (χ1n) is 5.97. The second kappa shape index (κ2) is 8.28. The Bertz CT molecular complexity index is 289. The standard InChI is InChI=1S/C13H22N2O/c14-8-10-15-9-3-6-12-4-1-2-5-13(12)7-11-16/h1-2,4-5,15-16H,3,6-11,14H2. The fraction of sp³-hybridized carbons (Fsp3) is 0.538. The van der Waals surface area contributed by atoms with E-state index in [0.717, 1.165) is 32.4 Å². The molecule has 0 spiro atoms. The number of aliphatic hydroxyl groups excluding tert-OH is 1. The molecule has 0 heterocycles. The lowest BCUT2D eigenvalue weighted by Crippen LogP contribution is -2.23. The van der Waals surface area contributed by atoms with Crippen molar-refractivity contribution in [3.05, 3.63) is 35.4 Å². The Morgan fingerprint density at radius 1 is 1.06 bits per heavy atom. The molecule has 0 saturated carbocycles. The summed E-state index contributed by atoms with van der Waals surface area (Å²) in [5, 5.41) is 12.2. The molecule has 0 aliphatic heterocycles. The molecule has 0 atom stereocenters. The van der Waals surface area contributed by atoms with Gasteiger partial charge in [0.05, 0.1) is 0 Å². The Morgan fingerprint density at radius 3 is 2.38 bits per heavy atom. The summed E-state index contributed by atoms with van der Waals surface area (Å²) in [4.78, 5) is 0. The quantitative estimate of drug-likeness (QED) is 0.568. The number of aliphatic hydroxyl groups is 1. The normalized spacial score (nSPS) is 10.6. The van der Waals surface area contributed by atoms with Crippen LogP contribution < -0.4 is 11.1 Å². The Balaban J connectivity index is 2.34. The third-order valence-electron chi connectivity index (χ3n) is 2.62. The van der Waals surface area contributed by atoms with Crippen molar-refractivity contribution < 1.29 is 5.11 Å². The van der Waals surface area contributed by atoms with Crippen LogP contribution in [-0.2, 0) is 12.8 Å². The van der Waals surface area contributed by atoms with Crippen molar-refractivity contribution in [3.8, 4) is 0 Å². The van der Waals surface area contributed by atoms with E-state index in [1.54, 1.807) is 0 Å². The van der Waals surface area contributed by atoms with Crippen LogP contribution in [0.3, 0.4) is 0 Å². The molecule has 0 fully saturated rings. The first-order chi connectivity index (χ1) is 7.88. The van der Waals surface area contributed by atoms with E-state index in [-0.39, 0.29) is 6.61 Å². The average molecular weight is 222 g/mol. The summed E-state index contributed by atoms with van der Waals surface area (Å²) in [5.74, 6) is 0. The number of hydrogen-bond donors (Lipinski definition) is 3. The zero-order valence-corrected chi connectivity index (χ0v) is 9.78. The van der Waals surface area contributed by atoms with Gasteiger partial charge in [-0.1, -0.05) is 24.3 Å². The number of nitrogens with two attached hydrogens (primary N) is 1. The number of aryl methyl sites for hydroxylation is 1. The SMILES string of the molecule is NCCNCCCc1ccccc1CCO. The Kier molecular flexibility index (Phi) is 6.81. The van der Waals surface area contributed by atoms with Crippen LogP contribution in [0.5, 0.6) is 0 Å². The van der Waals surface area contributed by atoms with E-state index in [0.29, 0.717) is 6.54 Å². The monoisotopic (exact) mass is 222 g/mol. The van der Waals surface area contributed by atoms with Crippen LogP contribution in [0.25, 0.3) is 0 Å².